The number of amides is 1. The number of ketones is 1. The fourth-order valence-corrected chi connectivity index (χ4v) is 5.72. The van der Waals surface area contributed by atoms with Crippen LogP contribution >= 0.6 is 15.9 Å². The second kappa shape index (κ2) is 8.25. The molecule has 1 amide bonds. The molecule has 3 heterocycles. The van der Waals surface area contributed by atoms with Crippen LogP contribution in [0.2, 0.25) is 0 Å². The van der Waals surface area contributed by atoms with Gasteiger partial charge < -0.3 is 4.90 Å². The second-order valence-electron chi connectivity index (χ2n) is 8.91. The predicted molar refractivity (Wildman–Crippen MR) is 117 cm³/mol. The number of rotatable bonds is 2. The summed E-state index contributed by atoms with van der Waals surface area (Å²) >= 11 is 3.53. The van der Waals surface area contributed by atoms with Crippen LogP contribution in [0.1, 0.15) is 68.1 Å². The highest BCUT2D eigenvalue weighted by Gasteiger charge is 2.34. The summed E-state index contributed by atoms with van der Waals surface area (Å²) in [6.45, 7) is 1.85. The minimum Gasteiger partial charge on any atom is -0.342 e. The fraction of sp³-hybridized carbons (Fsp3) is 0.565. The Bertz CT molecular complexity index is 972. The second-order valence-corrected chi connectivity index (χ2v) is 9.83. The largest absolute Gasteiger partial charge is 0.342 e. The molecule has 0 atom stereocenters. The van der Waals surface area contributed by atoms with Crippen molar-refractivity contribution in [3.63, 3.8) is 0 Å². The van der Waals surface area contributed by atoms with Gasteiger partial charge >= 0.3 is 0 Å². The number of nitrogens with zero attached hydrogens (tertiary/aromatic N) is 4. The van der Waals surface area contributed by atoms with Gasteiger partial charge in [-0.25, -0.2) is 0 Å². The van der Waals surface area contributed by atoms with Crippen molar-refractivity contribution < 1.29 is 9.59 Å². The first kappa shape index (κ1) is 19.9. The van der Waals surface area contributed by atoms with E-state index >= 15 is 0 Å². The van der Waals surface area contributed by atoms with E-state index in [1.54, 1.807) is 0 Å². The fourth-order valence-electron chi connectivity index (χ4n) is 5.31. The van der Waals surface area contributed by atoms with Crippen molar-refractivity contribution in [2.24, 2.45) is 5.92 Å². The summed E-state index contributed by atoms with van der Waals surface area (Å²) in [5.41, 5.74) is 2.04. The molecule has 7 heteroatoms. The molecule has 1 aromatic carbocycles. The maximum atomic E-state index is 12.9. The number of carbonyl (C=O) groups is 2. The summed E-state index contributed by atoms with van der Waals surface area (Å²) < 4.78 is 3.09. The van der Waals surface area contributed by atoms with Crippen LogP contribution in [-0.2, 0) is 22.4 Å². The molecular weight excluding hydrogens is 444 g/mol. The number of likely N-dealkylation sites (tertiary alicyclic amines) is 1. The van der Waals surface area contributed by atoms with E-state index < -0.39 is 0 Å². The molecule has 6 nitrogen and oxygen atoms in total. The summed E-state index contributed by atoms with van der Waals surface area (Å²) in [6.07, 6.45) is 7.99. The molecule has 1 saturated carbocycles. The van der Waals surface area contributed by atoms with Crippen molar-refractivity contribution in [1.29, 1.82) is 0 Å². The van der Waals surface area contributed by atoms with Gasteiger partial charge in [-0.1, -0.05) is 15.9 Å². The minimum atomic E-state index is 0.149. The molecular formula is C23H27BrN4O2. The molecule has 30 heavy (non-hydrogen) atoms. The number of aromatic nitrogens is 3. The van der Waals surface area contributed by atoms with E-state index in [0.29, 0.717) is 18.7 Å². The first-order valence-electron chi connectivity index (χ1n) is 11.1. The lowest BCUT2D eigenvalue weighted by molar-refractivity contribution is -0.137. The van der Waals surface area contributed by atoms with Crippen molar-refractivity contribution in [2.75, 3.05) is 13.1 Å². The number of fused-ring (bicyclic) bond motifs is 3. The SMILES string of the molecule is O=C1Cc2cc(Br)ccc2-n2c(nnc2C2CCC(C(=O)N3CCCCC3)CC2)C1. The predicted octanol–water partition coefficient (Wildman–Crippen LogP) is 3.98. The number of carbonyl (C=O) groups excluding carboxylic acids is 2. The number of hydrogen-bond donors (Lipinski definition) is 0. The van der Waals surface area contributed by atoms with Crippen molar-refractivity contribution in [3.05, 3.63) is 39.9 Å². The first-order valence-corrected chi connectivity index (χ1v) is 11.9. The van der Waals surface area contributed by atoms with Gasteiger partial charge in [-0.15, -0.1) is 10.2 Å². The van der Waals surface area contributed by atoms with Crippen LogP contribution in [0.15, 0.2) is 22.7 Å². The number of halogens is 1. The van der Waals surface area contributed by atoms with Gasteiger partial charge in [-0.2, -0.15) is 0 Å². The number of Topliss-reactive ketones (excluding diaryl/α,β-unsaturated/α-hetero) is 1. The topological polar surface area (TPSA) is 68.1 Å². The van der Waals surface area contributed by atoms with Gasteiger partial charge in [0.15, 0.2) is 0 Å². The lowest BCUT2D eigenvalue weighted by atomic mass is 9.80. The zero-order valence-corrected chi connectivity index (χ0v) is 18.7. The Morgan fingerprint density at radius 1 is 1.00 bits per heavy atom. The monoisotopic (exact) mass is 470 g/mol. The van der Waals surface area contributed by atoms with Crippen LogP contribution in [0.25, 0.3) is 5.69 Å². The van der Waals surface area contributed by atoms with Gasteiger partial charge in [0.1, 0.15) is 17.4 Å². The van der Waals surface area contributed by atoms with Gasteiger partial charge in [0.25, 0.3) is 0 Å². The lowest BCUT2D eigenvalue weighted by Gasteiger charge is -2.33. The maximum absolute atomic E-state index is 12.9. The highest BCUT2D eigenvalue weighted by molar-refractivity contribution is 9.10. The summed E-state index contributed by atoms with van der Waals surface area (Å²) in [6, 6.07) is 6.09. The smallest absolute Gasteiger partial charge is 0.225 e. The van der Waals surface area contributed by atoms with E-state index in [2.05, 4.69) is 41.7 Å². The third-order valence-corrected chi connectivity index (χ3v) is 7.38. The van der Waals surface area contributed by atoms with Crippen LogP contribution in [-0.4, -0.2) is 44.4 Å². The van der Waals surface area contributed by atoms with Crippen LogP contribution < -0.4 is 0 Å². The highest BCUT2D eigenvalue weighted by Crippen LogP contribution is 2.38. The van der Waals surface area contributed by atoms with E-state index in [9.17, 15) is 9.59 Å². The standard InChI is InChI=1S/C23H27BrN4O2/c24-18-8-9-20-17(12-18)13-19(29)14-21-25-26-22(28(20)21)15-4-6-16(7-5-15)23(30)27-10-2-1-3-11-27/h8-9,12,15-16H,1-7,10-11,13-14H2. The molecule has 0 bridgehead atoms. The molecule has 158 valence electrons. The third-order valence-electron chi connectivity index (χ3n) is 6.89. The molecule has 3 aliphatic rings. The van der Waals surface area contributed by atoms with E-state index in [4.69, 9.17) is 0 Å². The van der Waals surface area contributed by atoms with Crippen molar-refractivity contribution in [3.8, 4) is 5.69 Å². The zero-order chi connectivity index (χ0) is 20.7. The normalized spacial score (nSPS) is 24.2. The molecule has 2 fully saturated rings. The van der Waals surface area contributed by atoms with Gasteiger partial charge in [0.2, 0.25) is 5.91 Å². The Morgan fingerprint density at radius 3 is 2.53 bits per heavy atom. The molecule has 0 radical (unpaired) electrons. The molecule has 0 unspecified atom stereocenters. The van der Waals surface area contributed by atoms with Gasteiger partial charge in [0, 0.05) is 35.8 Å². The molecule has 2 aliphatic heterocycles. The Balaban J connectivity index is 1.37. The minimum absolute atomic E-state index is 0.149. The molecule has 1 aromatic heterocycles. The number of piperidine rings is 1. The van der Waals surface area contributed by atoms with Gasteiger partial charge in [-0.3, -0.25) is 14.2 Å². The molecule has 0 N–H and O–H groups in total. The Morgan fingerprint density at radius 2 is 1.77 bits per heavy atom. The van der Waals surface area contributed by atoms with Crippen molar-refractivity contribution >= 4 is 27.6 Å². The van der Waals surface area contributed by atoms with Crippen LogP contribution in [0.3, 0.4) is 0 Å². The van der Waals surface area contributed by atoms with Crippen LogP contribution in [0.4, 0.5) is 0 Å². The summed E-state index contributed by atoms with van der Waals surface area (Å²) in [4.78, 5) is 27.4. The van der Waals surface area contributed by atoms with E-state index in [1.807, 2.05) is 12.1 Å². The van der Waals surface area contributed by atoms with E-state index in [1.165, 1.54) is 6.42 Å². The lowest BCUT2D eigenvalue weighted by Crippen LogP contribution is -2.40. The first-order chi connectivity index (χ1) is 14.6. The average Bonchev–Trinajstić information content (AvgIpc) is 3.11. The summed E-state index contributed by atoms with van der Waals surface area (Å²) in [7, 11) is 0. The molecule has 1 aliphatic carbocycles. The molecule has 2 aromatic rings. The number of benzene rings is 1. The Kier molecular flexibility index (Phi) is 5.48. The quantitative estimate of drug-likeness (QED) is 0.665. The Hall–Kier alpha value is -2.02. The summed E-state index contributed by atoms with van der Waals surface area (Å²) in [5.74, 6) is 2.64. The van der Waals surface area contributed by atoms with Crippen molar-refractivity contribution in [2.45, 2.75) is 63.7 Å². The highest BCUT2D eigenvalue weighted by atomic mass is 79.9. The van der Waals surface area contributed by atoms with Crippen LogP contribution in [0.5, 0.6) is 0 Å². The van der Waals surface area contributed by atoms with Crippen LogP contribution in [0, 0.1) is 5.92 Å². The Labute approximate surface area is 185 Å². The van der Waals surface area contributed by atoms with Gasteiger partial charge in [0.05, 0.1) is 12.1 Å². The van der Waals surface area contributed by atoms with Gasteiger partial charge in [-0.05, 0) is 68.7 Å². The maximum Gasteiger partial charge on any atom is 0.225 e. The zero-order valence-electron chi connectivity index (χ0n) is 17.1. The van der Waals surface area contributed by atoms with E-state index in [-0.39, 0.29) is 17.6 Å². The third kappa shape index (κ3) is 3.72. The average molecular weight is 471 g/mol. The molecule has 1 saturated heterocycles. The summed E-state index contributed by atoms with van der Waals surface area (Å²) in [5, 5.41) is 8.93. The van der Waals surface area contributed by atoms with E-state index in [0.717, 1.165) is 79.0 Å². The number of hydrogen-bond acceptors (Lipinski definition) is 4. The molecule has 5 rings (SSSR count). The molecule has 0 spiro atoms. The van der Waals surface area contributed by atoms with Crippen molar-refractivity contribution in [1.82, 2.24) is 19.7 Å².